The van der Waals surface area contributed by atoms with Gasteiger partial charge in [0, 0.05) is 15.9 Å². The molecule has 6 heteroatoms. The Labute approximate surface area is 172 Å². The van der Waals surface area contributed by atoms with Crippen LogP contribution in [0.25, 0.3) is 5.57 Å². The van der Waals surface area contributed by atoms with Gasteiger partial charge in [-0.25, -0.2) is 4.79 Å². The van der Waals surface area contributed by atoms with Crippen LogP contribution in [0.5, 0.6) is 5.75 Å². The summed E-state index contributed by atoms with van der Waals surface area (Å²) >= 11 is 2.14. The number of thioether (sulfide) groups is 2. The fourth-order valence-corrected chi connectivity index (χ4v) is 3.26. The molecule has 0 fully saturated rings. The van der Waals surface area contributed by atoms with E-state index in [0.717, 1.165) is 44.5 Å². The summed E-state index contributed by atoms with van der Waals surface area (Å²) in [6.07, 6.45) is 3.91. The molecule has 2 rings (SSSR count). The van der Waals surface area contributed by atoms with Crippen molar-refractivity contribution in [1.29, 1.82) is 0 Å². The first-order chi connectivity index (χ1) is 13.4. The van der Waals surface area contributed by atoms with Crippen LogP contribution in [0.2, 0.25) is 0 Å². The highest BCUT2D eigenvalue weighted by Gasteiger charge is 2.06. The van der Waals surface area contributed by atoms with Crippen molar-refractivity contribution in [3.05, 3.63) is 85.5 Å². The van der Waals surface area contributed by atoms with Gasteiger partial charge in [0.15, 0.2) is 0 Å². The molecule has 4 nitrogen and oxygen atoms in total. The van der Waals surface area contributed by atoms with Crippen molar-refractivity contribution in [3.63, 3.8) is 0 Å². The maximum Gasteiger partial charge on any atom is 0.336 e. The number of carbonyl (C=O) groups is 3. The van der Waals surface area contributed by atoms with Crippen LogP contribution in [0.4, 0.5) is 0 Å². The van der Waals surface area contributed by atoms with E-state index in [-0.39, 0.29) is 10.2 Å². The highest BCUT2D eigenvalue weighted by atomic mass is 32.2. The molecule has 0 aliphatic heterocycles. The van der Waals surface area contributed by atoms with Crippen LogP contribution >= 0.6 is 23.5 Å². The lowest BCUT2D eigenvalue weighted by Gasteiger charge is -2.05. The highest BCUT2D eigenvalue weighted by Crippen LogP contribution is 2.24. The lowest BCUT2D eigenvalue weighted by Crippen LogP contribution is -2.04. The Kier molecular flexibility index (Phi) is 8.04. The van der Waals surface area contributed by atoms with E-state index >= 15 is 0 Å². The van der Waals surface area contributed by atoms with Gasteiger partial charge in [-0.2, -0.15) is 0 Å². The molecule has 0 heterocycles. The second-order valence-electron chi connectivity index (χ2n) is 5.49. The first-order valence-electron chi connectivity index (χ1n) is 8.20. The number of hydrogen-bond donors (Lipinski definition) is 0. The second kappa shape index (κ2) is 10.5. The molecule has 0 amide bonds. The van der Waals surface area contributed by atoms with Crippen LogP contribution < -0.4 is 4.74 Å². The summed E-state index contributed by atoms with van der Waals surface area (Å²) < 4.78 is 5.29. The van der Waals surface area contributed by atoms with Gasteiger partial charge < -0.3 is 4.74 Å². The van der Waals surface area contributed by atoms with Crippen molar-refractivity contribution in [2.45, 2.75) is 16.7 Å². The number of hydrogen-bond acceptors (Lipinski definition) is 6. The van der Waals surface area contributed by atoms with Gasteiger partial charge in [-0.05, 0) is 90.1 Å². The predicted molar refractivity (Wildman–Crippen MR) is 114 cm³/mol. The Morgan fingerprint density at radius 2 is 1.29 bits per heavy atom. The van der Waals surface area contributed by atoms with Gasteiger partial charge in [0.1, 0.15) is 5.75 Å². The van der Waals surface area contributed by atoms with Gasteiger partial charge in [-0.3, -0.25) is 9.59 Å². The predicted octanol–water partition coefficient (Wildman–Crippen LogP) is 5.30. The molecule has 0 saturated heterocycles. The molecule has 0 aliphatic carbocycles. The van der Waals surface area contributed by atoms with Crippen molar-refractivity contribution in [2.75, 3.05) is 0 Å². The molecule has 2 aromatic rings. The van der Waals surface area contributed by atoms with Gasteiger partial charge in [0.25, 0.3) is 0 Å². The Hall–Kier alpha value is -2.83. The lowest BCUT2D eigenvalue weighted by molar-refractivity contribution is -0.129. The quantitative estimate of drug-likeness (QED) is 0.267. The summed E-state index contributed by atoms with van der Waals surface area (Å²) in [5.74, 6) is -0.112. The number of ether oxygens (including phenoxy) is 1. The van der Waals surface area contributed by atoms with E-state index in [4.69, 9.17) is 4.74 Å². The SMILES string of the molecule is C=CC(=O)Sc1ccc(OC(=O)/C=C(\C)c2ccc(SC(=O)C=C)cc2)cc1. The van der Waals surface area contributed by atoms with Gasteiger partial charge in [-0.15, -0.1) is 0 Å². The molecule has 28 heavy (non-hydrogen) atoms. The van der Waals surface area contributed by atoms with Gasteiger partial charge in [-0.1, -0.05) is 25.3 Å². The third kappa shape index (κ3) is 6.72. The van der Waals surface area contributed by atoms with E-state index in [1.54, 1.807) is 31.2 Å². The molecule has 0 atom stereocenters. The first kappa shape index (κ1) is 21.5. The Morgan fingerprint density at radius 1 is 0.821 bits per heavy atom. The average Bonchev–Trinajstić information content (AvgIpc) is 2.69. The fraction of sp³-hybridized carbons (Fsp3) is 0.0455. The monoisotopic (exact) mass is 410 g/mol. The zero-order valence-corrected chi connectivity index (χ0v) is 16.8. The molecule has 0 bridgehead atoms. The van der Waals surface area contributed by atoms with Crippen LogP contribution in [-0.2, 0) is 14.4 Å². The molecular formula is C22H18O4S2. The second-order valence-corrected chi connectivity index (χ2v) is 7.65. The molecule has 0 spiro atoms. The Morgan fingerprint density at radius 3 is 1.75 bits per heavy atom. The van der Waals surface area contributed by atoms with E-state index in [2.05, 4.69) is 13.2 Å². The van der Waals surface area contributed by atoms with Crippen LogP contribution in [0, 0.1) is 0 Å². The summed E-state index contributed by atoms with van der Waals surface area (Å²) in [4.78, 5) is 36.3. The molecular weight excluding hydrogens is 392 g/mol. The fourth-order valence-electron chi connectivity index (χ4n) is 2.08. The maximum absolute atomic E-state index is 12.1. The first-order valence-corrected chi connectivity index (χ1v) is 9.83. The lowest BCUT2D eigenvalue weighted by atomic mass is 10.1. The number of benzene rings is 2. The molecule has 0 aromatic heterocycles. The minimum atomic E-state index is -0.500. The Bertz CT molecular complexity index is 926. The minimum Gasteiger partial charge on any atom is -0.423 e. The number of esters is 1. The molecule has 0 N–H and O–H groups in total. The van der Waals surface area contributed by atoms with Crippen LogP contribution in [0.15, 0.2) is 89.7 Å². The van der Waals surface area contributed by atoms with E-state index in [9.17, 15) is 14.4 Å². The van der Waals surface area contributed by atoms with Crippen molar-refractivity contribution >= 4 is 45.3 Å². The summed E-state index contributed by atoms with van der Waals surface area (Å²) in [5, 5.41) is -0.275. The number of allylic oxidation sites excluding steroid dienone is 1. The van der Waals surface area contributed by atoms with Crippen molar-refractivity contribution in [2.24, 2.45) is 0 Å². The van der Waals surface area contributed by atoms with E-state index in [1.807, 2.05) is 24.3 Å². The largest absolute Gasteiger partial charge is 0.423 e. The zero-order valence-electron chi connectivity index (χ0n) is 15.2. The maximum atomic E-state index is 12.1. The van der Waals surface area contributed by atoms with Crippen LogP contribution in [0.1, 0.15) is 12.5 Å². The third-order valence-corrected chi connectivity index (χ3v) is 5.21. The van der Waals surface area contributed by atoms with Gasteiger partial charge >= 0.3 is 5.97 Å². The van der Waals surface area contributed by atoms with Crippen molar-refractivity contribution < 1.29 is 19.1 Å². The normalized spacial score (nSPS) is 10.8. The summed E-state index contributed by atoms with van der Waals surface area (Å²) in [7, 11) is 0. The average molecular weight is 411 g/mol. The molecule has 2 aromatic carbocycles. The Balaban J connectivity index is 1.99. The van der Waals surface area contributed by atoms with Crippen molar-refractivity contribution in [3.8, 4) is 5.75 Å². The van der Waals surface area contributed by atoms with E-state index in [0.29, 0.717) is 5.75 Å². The molecule has 0 aliphatic rings. The standard InChI is InChI=1S/C22H18O4S2/c1-4-21(24)27-18-10-6-16(7-11-18)15(3)14-20(23)26-17-8-12-19(13-9-17)28-22(25)5-2/h4-14H,1-2H2,3H3/b15-14+. The van der Waals surface area contributed by atoms with Crippen LogP contribution in [-0.4, -0.2) is 16.2 Å². The smallest absolute Gasteiger partial charge is 0.336 e. The third-order valence-electron chi connectivity index (χ3n) is 3.46. The highest BCUT2D eigenvalue weighted by molar-refractivity contribution is 8.14. The van der Waals surface area contributed by atoms with Crippen LogP contribution in [0.3, 0.4) is 0 Å². The molecule has 0 radical (unpaired) electrons. The summed E-state index contributed by atoms with van der Waals surface area (Å²) in [6, 6.07) is 13.9. The number of rotatable bonds is 7. The van der Waals surface area contributed by atoms with E-state index < -0.39 is 5.97 Å². The number of carbonyl (C=O) groups excluding carboxylic acids is 3. The molecule has 142 valence electrons. The molecule has 0 saturated carbocycles. The minimum absolute atomic E-state index is 0.123. The van der Waals surface area contributed by atoms with Crippen molar-refractivity contribution in [1.82, 2.24) is 0 Å². The summed E-state index contributed by atoms with van der Waals surface area (Å²) in [5.41, 5.74) is 1.59. The van der Waals surface area contributed by atoms with Gasteiger partial charge in [0.05, 0.1) is 0 Å². The van der Waals surface area contributed by atoms with Gasteiger partial charge in [0.2, 0.25) is 10.2 Å². The molecule has 0 unspecified atom stereocenters. The topological polar surface area (TPSA) is 60.4 Å². The summed E-state index contributed by atoms with van der Waals surface area (Å²) in [6.45, 7) is 8.67. The zero-order chi connectivity index (χ0) is 20.5. The van der Waals surface area contributed by atoms with E-state index in [1.165, 1.54) is 18.2 Å².